The monoisotopic (exact) mass is 298 g/mol. The largest absolute Gasteiger partial charge is 0.421 e. The van der Waals surface area contributed by atoms with Crippen molar-refractivity contribution in [2.75, 3.05) is 0 Å². The van der Waals surface area contributed by atoms with E-state index in [0.29, 0.717) is 17.6 Å². The van der Waals surface area contributed by atoms with Crippen LogP contribution in [-0.2, 0) is 25.7 Å². The lowest BCUT2D eigenvalue weighted by atomic mass is 9.91. The van der Waals surface area contributed by atoms with Crippen LogP contribution in [0.4, 0.5) is 13.2 Å². The number of rotatable bonds is 1. The molecule has 6 heteroatoms. The lowest BCUT2D eigenvalue weighted by Crippen LogP contribution is -2.39. The Balaban J connectivity index is 2.36. The van der Waals surface area contributed by atoms with E-state index < -0.39 is 11.8 Å². The Morgan fingerprint density at radius 1 is 1.19 bits per heavy atom. The Bertz CT molecular complexity index is 729. The summed E-state index contributed by atoms with van der Waals surface area (Å²) in [6.07, 6.45) is -4.72. The van der Waals surface area contributed by atoms with Crippen molar-refractivity contribution in [3.05, 3.63) is 34.5 Å². The van der Waals surface area contributed by atoms with Crippen LogP contribution in [0.3, 0.4) is 0 Å². The van der Waals surface area contributed by atoms with Gasteiger partial charge in [0, 0.05) is 42.3 Å². The molecule has 0 radical (unpaired) electrons. The predicted molar refractivity (Wildman–Crippen MR) is 73.8 cm³/mol. The van der Waals surface area contributed by atoms with Crippen molar-refractivity contribution in [2.45, 2.75) is 38.7 Å². The number of alkyl halides is 3. The minimum atomic E-state index is -4.72. The van der Waals surface area contributed by atoms with E-state index in [4.69, 9.17) is 0 Å². The lowest BCUT2D eigenvalue weighted by Gasteiger charge is -2.27. The molecular weight excluding hydrogens is 281 g/mol. The molecule has 0 bridgehead atoms. The van der Waals surface area contributed by atoms with E-state index >= 15 is 0 Å². The number of nitrogens with one attached hydrogen (secondary N) is 1. The number of aryl methyl sites for hydroxylation is 1. The first kappa shape index (κ1) is 14.4. The third-order valence-corrected chi connectivity index (χ3v) is 4.48. The molecular formula is C15H17F3N2O. The van der Waals surface area contributed by atoms with Crippen molar-refractivity contribution in [3.63, 3.8) is 0 Å². The van der Waals surface area contributed by atoms with Gasteiger partial charge in [-0.15, -0.1) is 0 Å². The van der Waals surface area contributed by atoms with Gasteiger partial charge in [-0.05, 0) is 37.1 Å². The molecule has 0 fully saturated rings. The molecule has 1 aromatic heterocycles. The maximum absolute atomic E-state index is 13.2. The maximum atomic E-state index is 13.2. The fourth-order valence-electron chi connectivity index (χ4n) is 3.11. The SMILES string of the molecule is Cc1c(C(C)(O)C(F)(F)F)c2cc3c(cc2n1C)CNC3. The van der Waals surface area contributed by atoms with E-state index in [2.05, 4.69) is 5.32 Å². The second kappa shape index (κ2) is 4.24. The first-order chi connectivity index (χ1) is 9.64. The molecule has 21 heavy (non-hydrogen) atoms. The Labute approximate surface area is 120 Å². The number of hydrogen-bond donors (Lipinski definition) is 2. The molecule has 1 aliphatic heterocycles. The highest BCUT2D eigenvalue weighted by Gasteiger charge is 2.53. The average Bonchev–Trinajstić information content (AvgIpc) is 2.90. The summed E-state index contributed by atoms with van der Waals surface area (Å²) in [4.78, 5) is 0. The molecule has 3 rings (SSSR count). The third-order valence-electron chi connectivity index (χ3n) is 4.48. The van der Waals surface area contributed by atoms with E-state index in [1.54, 1.807) is 24.6 Å². The van der Waals surface area contributed by atoms with Crippen LogP contribution < -0.4 is 5.32 Å². The second-order valence-corrected chi connectivity index (χ2v) is 5.83. The topological polar surface area (TPSA) is 37.2 Å². The number of hydrogen-bond acceptors (Lipinski definition) is 2. The van der Waals surface area contributed by atoms with Crippen molar-refractivity contribution < 1.29 is 18.3 Å². The molecule has 0 saturated heterocycles. The van der Waals surface area contributed by atoms with Gasteiger partial charge in [-0.3, -0.25) is 0 Å². The van der Waals surface area contributed by atoms with Gasteiger partial charge in [0.1, 0.15) is 0 Å². The highest BCUT2D eigenvalue weighted by molar-refractivity contribution is 5.88. The van der Waals surface area contributed by atoms with Gasteiger partial charge >= 0.3 is 6.18 Å². The lowest BCUT2D eigenvalue weighted by molar-refractivity contribution is -0.258. The Morgan fingerprint density at radius 2 is 1.76 bits per heavy atom. The van der Waals surface area contributed by atoms with Crippen LogP contribution in [0.15, 0.2) is 12.1 Å². The summed E-state index contributed by atoms with van der Waals surface area (Å²) in [6, 6.07) is 3.68. The molecule has 2 heterocycles. The standard InChI is InChI=1S/C15H17F3N2O/c1-8-13(14(2,21)15(16,17)18)11-4-9-6-19-7-10(9)5-12(11)20(8)3/h4-5,19,21H,6-7H2,1-3H3. The highest BCUT2D eigenvalue weighted by atomic mass is 19.4. The quantitative estimate of drug-likeness (QED) is 0.849. The van der Waals surface area contributed by atoms with Crippen LogP contribution in [0.1, 0.15) is 29.3 Å². The summed E-state index contributed by atoms with van der Waals surface area (Å²) in [5.74, 6) is 0. The van der Waals surface area contributed by atoms with E-state index in [9.17, 15) is 18.3 Å². The van der Waals surface area contributed by atoms with E-state index in [1.165, 1.54) is 0 Å². The first-order valence-electron chi connectivity index (χ1n) is 6.75. The molecule has 1 aromatic carbocycles. The fraction of sp³-hybridized carbons (Fsp3) is 0.467. The van der Waals surface area contributed by atoms with Gasteiger partial charge in [0.25, 0.3) is 0 Å². The van der Waals surface area contributed by atoms with Crippen molar-refractivity contribution in [1.82, 2.24) is 9.88 Å². The Morgan fingerprint density at radius 3 is 2.33 bits per heavy atom. The molecule has 3 nitrogen and oxygen atoms in total. The van der Waals surface area contributed by atoms with Gasteiger partial charge in [-0.25, -0.2) is 0 Å². The maximum Gasteiger partial charge on any atom is 0.421 e. The summed E-state index contributed by atoms with van der Waals surface area (Å²) in [5, 5.41) is 13.8. The van der Waals surface area contributed by atoms with Crippen LogP contribution in [0, 0.1) is 6.92 Å². The van der Waals surface area contributed by atoms with Crippen LogP contribution in [-0.4, -0.2) is 15.8 Å². The summed E-state index contributed by atoms with van der Waals surface area (Å²) in [6.45, 7) is 3.80. The van der Waals surface area contributed by atoms with Gasteiger partial charge in [-0.1, -0.05) is 0 Å². The van der Waals surface area contributed by atoms with Gasteiger partial charge in [0.2, 0.25) is 0 Å². The molecule has 0 saturated carbocycles. The number of aliphatic hydroxyl groups is 1. The van der Waals surface area contributed by atoms with E-state index in [0.717, 1.165) is 30.1 Å². The minimum Gasteiger partial charge on any atom is -0.376 e. The Hall–Kier alpha value is -1.53. The number of nitrogens with zero attached hydrogens (tertiary/aromatic N) is 1. The van der Waals surface area contributed by atoms with Gasteiger partial charge in [-0.2, -0.15) is 13.2 Å². The van der Waals surface area contributed by atoms with Crippen LogP contribution in [0.25, 0.3) is 10.9 Å². The molecule has 0 spiro atoms. The molecule has 1 aliphatic rings. The first-order valence-corrected chi connectivity index (χ1v) is 6.75. The summed E-state index contributed by atoms with van der Waals surface area (Å²) in [7, 11) is 1.72. The van der Waals surface area contributed by atoms with Gasteiger partial charge in [0.15, 0.2) is 5.60 Å². The minimum absolute atomic E-state index is 0.0535. The van der Waals surface area contributed by atoms with Crippen molar-refractivity contribution in [3.8, 4) is 0 Å². The molecule has 0 amide bonds. The molecule has 1 atom stereocenters. The zero-order chi connectivity index (χ0) is 15.6. The number of halogens is 3. The van der Waals surface area contributed by atoms with Crippen LogP contribution in [0.5, 0.6) is 0 Å². The van der Waals surface area contributed by atoms with E-state index in [-0.39, 0.29) is 5.56 Å². The molecule has 1 unspecified atom stereocenters. The molecule has 2 N–H and O–H groups in total. The average molecular weight is 298 g/mol. The third kappa shape index (κ3) is 1.89. The zero-order valence-corrected chi connectivity index (χ0v) is 12.1. The summed E-state index contributed by atoms with van der Waals surface area (Å²) >= 11 is 0. The smallest absolute Gasteiger partial charge is 0.376 e. The van der Waals surface area contributed by atoms with Gasteiger partial charge < -0.3 is 15.0 Å². The summed E-state index contributed by atoms with van der Waals surface area (Å²) in [5.41, 5.74) is 0.325. The zero-order valence-electron chi connectivity index (χ0n) is 12.1. The summed E-state index contributed by atoms with van der Waals surface area (Å²) < 4.78 is 41.4. The van der Waals surface area contributed by atoms with E-state index in [1.807, 2.05) is 6.07 Å². The van der Waals surface area contributed by atoms with Crippen LogP contribution in [0.2, 0.25) is 0 Å². The van der Waals surface area contributed by atoms with Gasteiger partial charge in [0.05, 0.1) is 0 Å². The second-order valence-electron chi connectivity index (χ2n) is 5.83. The van der Waals surface area contributed by atoms with Crippen molar-refractivity contribution >= 4 is 10.9 Å². The predicted octanol–water partition coefficient (Wildman–Crippen LogP) is 2.86. The molecule has 0 aliphatic carbocycles. The fourth-order valence-corrected chi connectivity index (χ4v) is 3.11. The molecule has 2 aromatic rings. The van der Waals surface area contributed by atoms with Crippen molar-refractivity contribution in [1.29, 1.82) is 0 Å². The van der Waals surface area contributed by atoms with Crippen molar-refractivity contribution in [2.24, 2.45) is 7.05 Å². The highest BCUT2D eigenvalue weighted by Crippen LogP contribution is 2.44. The normalized spacial score (nSPS) is 18.0. The molecule has 114 valence electrons. The number of benzene rings is 1. The number of aromatic nitrogens is 1. The van der Waals surface area contributed by atoms with Crippen LogP contribution >= 0.6 is 0 Å². The number of fused-ring (bicyclic) bond motifs is 2. The Kier molecular flexibility index (Phi) is 2.91.